The number of hydrogen-bond acceptors (Lipinski definition) is 8. The average molecular weight is 637 g/mol. The summed E-state index contributed by atoms with van der Waals surface area (Å²) in [4.78, 5) is 19.3. The van der Waals surface area contributed by atoms with E-state index in [0.717, 1.165) is 68.0 Å². The highest BCUT2D eigenvalue weighted by molar-refractivity contribution is 8.00. The van der Waals surface area contributed by atoms with Gasteiger partial charge in [-0.2, -0.15) is 18.3 Å². The first-order valence-electron chi connectivity index (χ1n) is 15.9. The minimum absolute atomic E-state index is 0.0149. The largest absolute Gasteiger partial charge is 0.417 e. The molecule has 13 heteroatoms. The number of alkyl halides is 3. The Bertz CT molecular complexity index is 1290. The number of ether oxygens (including phenoxy) is 1. The number of likely N-dealkylation sites (tertiary alicyclic amines) is 2. The maximum absolute atomic E-state index is 14.0. The molecule has 2 N–H and O–H groups in total. The standard InChI is InChI=1S/C31H43F3N6O3S/c32-31(33,34)26-4-3-22(17-28(26)44-21-29(42)39-13-15-43-16-14-39)30-25-18-35-8-5-27(25)40(36-30)20-24(41)19-37-11-6-23(7-12-37)38-9-1-2-10-38/h3-4,17,23-24,35,41H,1-2,5-16,18-21H2. The van der Waals surface area contributed by atoms with Gasteiger partial charge in [0.2, 0.25) is 5.91 Å². The Morgan fingerprint density at radius 1 is 1.09 bits per heavy atom. The molecule has 9 nitrogen and oxygen atoms in total. The fourth-order valence-electron chi connectivity index (χ4n) is 7.00. The van der Waals surface area contributed by atoms with Gasteiger partial charge in [0.25, 0.3) is 0 Å². The van der Waals surface area contributed by atoms with Crippen LogP contribution in [-0.2, 0) is 35.2 Å². The molecule has 242 valence electrons. The molecule has 44 heavy (non-hydrogen) atoms. The molecular formula is C31H43F3N6O3S. The first-order chi connectivity index (χ1) is 21.3. The van der Waals surface area contributed by atoms with Crippen LogP contribution in [0.15, 0.2) is 23.1 Å². The Kier molecular flexibility index (Phi) is 10.2. The van der Waals surface area contributed by atoms with Crippen molar-refractivity contribution in [1.29, 1.82) is 0 Å². The topological polar surface area (TPSA) is 86.1 Å². The van der Waals surface area contributed by atoms with Gasteiger partial charge < -0.3 is 29.9 Å². The van der Waals surface area contributed by atoms with Gasteiger partial charge in [0.05, 0.1) is 42.9 Å². The van der Waals surface area contributed by atoms with Crippen LogP contribution in [0.1, 0.15) is 42.5 Å². The lowest BCUT2D eigenvalue weighted by Gasteiger charge is -2.37. The molecule has 1 unspecified atom stereocenters. The van der Waals surface area contributed by atoms with Crippen molar-refractivity contribution in [2.75, 3.05) is 71.3 Å². The van der Waals surface area contributed by atoms with Crippen LogP contribution in [0.25, 0.3) is 11.3 Å². The highest BCUT2D eigenvalue weighted by Crippen LogP contribution is 2.40. The van der Waals surface area contributed by atoms with E-state index < -0.39 is 17.8 Å². The highest BCUT2D eigenvalue weighted by atomic mass is 32.2. The Hall–Kier alpha value is -2.16. The minimum atomic E-state index is -4.55. The first kappa shape index (κ1) is 31.8. The predicted molar refractivity (Wildman–Crippen MR) is 162 cm³/mol. The summed E-state index contributed by atoms with van der Waals surface area (Å²) < 4.78 is 49.1. The monoisotopic (exact) mass is 636 g/mol. The van der Waals surface area contributed by atoms with Crippen LogP contribution in [0.2, 0.25) is 0 Å². The molecule has 1 amide bonds. The van der Waals surface area contributed by atoms with Crippen molar-refractivity contribution >= 4 is 17.7 Å². The predicted octanol–water partition coefficient (Wildman–Crippen LogP) is 3.09. The number of aliphatic hydroxyl groups excluding tert-OH is 1. The van der Waals surface area contributed by atoms with E-state index in [2.05, 4.69) is 15.1 Å². The van der Waals surface area contributed by atoms with E-state index in [0.29, 0.717) is 63.2 Å². The van der Waals surface area contributed by atoms with Crippen molar-refractivity contribution < 1.29 is 27.8 Å². The van der Waals surface area contributed by atoms with Crippen LogP contribution >= 0.6 is 11.8 Å². The van der Waals surface area contributed by atoms with Crippen molar-refractivity contribution in [1.82, 2.24) is 29.8 Å². The van der Waals surface area contributed by atoms with Crippen LogP contribution in [0, 0.1) is 0 Å². The van der Waals surface area contributed by atoms with E-state index in [9.17, 15) is 23.1 Å². The molecule has 4 aliphatic rings. The summed E-state index contributed by atoms with van der Waals surface area (Å²) >= 11 is 0.916. The molecule has 0 bridgehead atoms. The summed E-state index contributed by atoms with van der Waals surface area (Å²) in [6, 6.07) is 4.74. The lowest BCUT2D eigenvalue weighted by molar-refractivity contribution is -0.139. The Morgan fingerprint density at radius 2 is 1.84 bits per heavy atom. The maximum Gasteiger partial charge on any atom is 0.417 e. The SMILES string of the molecule is O=C(CSc1cc(-c2nn(CC(O)CN3CCC(N4CCCC4)CC3)c3c2CNCC3)ccc1C(F)(F)F)N1CCOCC1. The van der Waals surface area contributed by atoms with Crippen LogP contribution in [0.5, 0.6) is 0 Å². The zero-order valence-electron chi connectivity index (χ0n) is 25.2. The quantitative estimate of drug-likeness (QED) is 0.407. The number of halogens is 3. The maximum atomic E-state index is 14.0. The molecular weight excluding hydrogens is 593 g/mol. The lowest BCUT2D eigenvalue weighted by atomic mass is 10.0. The van der Waals surface area contributed by atoms with Crippen LogP contribution in [0.4, 0.5) is 13.2 Å². The van der Waals surface area contributed by atoms with Crippen molar-refractivity contribution in [3.8, 4) is 11.3 Å². The van der Waals surface area contributed by atoms with Gasteiger partial charge in [-0.1, -0.05) is 6.07 Å². The molecule has 0 aliphatic carbocycles. The molecule has 6 rings (SSSR count). The van der Waals surface area contributed by atoms with Crippen molar-refractivity contribution in [2.24, 2.45) is 0 Å². The van der Waals surface area contributed by atoms with Crippen LogP contribution in [-0.4, -0.2) is 119 Å². The lowest BCUT2D eigenvalue weighted by Crippen LogP contribution is -2.46. The number of aromatic nitrogens is 2. The number of β-amino-alcohol motifs (C(OH)–C–C–N with tert-alkyl or cyclic N) is 1. The Labute approximate surface area is 261 Å². The van der Waals surface area contributed by atoms with Crippen molar-refractivity contribution in [3.05, 3.63) is 35.0 Å². The van der Waals surface area contributed by atoms with E-state index in [4.69, 9.17) is 9.84 Å². The average Bonchev–Trinajstić information content (AvgIpc) is 3.69. The third kappa shape index (κ3) is 7.45. The van der Waals surface area contributed by atoms with Crippen LogP contribution < -0.4 is 5.32 Å². The fraction of sp³-hybridized carbons (Fsp3) is 0.677. The Morgan fingerprint density at radius 3 is 2.57 bits per heavy atom. The number of hydrogen-bond donors (Lipinski definition) is 2. The smallest absolute Gasteiger partial charge is 0.390 e. The summed E-state index contributed by atoms with van der Waals surface area (Å²) in [5.74, 6) is -0.279. The number of piperidine rings is 1. The number of carbonyl (C=O) groups is 1. The number of morpholine rings is 1. The molecule has 0 saturated carbocycles. The molecule has 4 aliphatic heterocycles. The van der Waals surface area contributed by atoms with Gasteiger partial charge >= 0.3 is 6.18 Å². The van der Waals surface area contributed by atoms with Crippen LogP contribution in [0.3, 0.4) is 0 Å². The second-order valence-electron chi connectivity index (χ2n) is 12.3. The van der Waals surface area contributed by atoms with Gasteiger partial charge in [-0.05, 0) is 64.0 Å². The molecule has 3 saturated heterocycles. The molecule has 0 radical (unpaired) electrons. The number of thioether (sulfide) groups is 1. The van der Waals surface area contributed by atoms with Crippen molar-refractivity contribution in [3.63, 3.8) is 0 Å². The normalized spacial score (nSPS) is 21.5. The summed E-state index contributed by atoms with van der Waals surface area (Å²) in [6.07, 6.45) is 0.438. The van der Waals surface area contributed by atoms with Gasteiger partial charge in [0.1, 0.15) is 0 Å². The third-order valence-electron chi connectivity index (χ3n) is 9.35. The summed E-state index contributed by atoms with van der Waals surface area (Å²) in [6.45, 7) is 8.39. The van der Waals surface area contributed by atoms with E-state index in [1.807, 2.05) is 4.68 Å². The molecule has 1 aromatic carbocycles. The van der Waals surface area contributed by atoms with Crippen molar-refractivity contribution in [2.45, 2.75) is 68.4 Å². The van der Waals surface area contributed by atoms with Gasteiger partial charge in [0, 0.05) is 66.9 Å². The molecule has 2 aromatic rings. The second-order valence-corrected chi connectivity index (χ2v) is 13.3. The first-order valence-corrected chi connectivity index (χ1v) is 16.9. The number of amides is 1. The zero-order valence-corrected chi connectivity index (χ0v) is 26.0. The zero-order chi connectivity index (χ0) is 30.7. The summed E-state index contributed by atoms with van der Waals surface area (Å²) in [7, 11) is 0. The van der Waals surface area contributed by atoms with Gasteiger partial charge in [-0.25, -0.2) is 0 Å². The van der Waals surface area contributed by atoms with Gasteiger partial charge in [-0.3, -0.25) is 9.48 Å². The Balaban J connectivity index is 1.16. The van der Waals surface area contributed by atoms with Gasteiger partial charge in [0.15, 0.2) is 0 Å². The minimum Gasteiger partial charge on any atom is -0.390 e. The highest BCUT2D eigenvalue weighted by Gasteiger charge is 2.35. The number of nitrogens with zero attached hydrogens (tertiary/aromatic N) is 5. The van der Waals surface area contributed by atoms with Gasteiger partial charge in [-0.15, -0.1) is 11.8 Å². The molecule has 0 spiro atoms. The third-order valence-corrected chi connectivity index (χ3v) is 10.4. The van der Waals surface area contributed by atoms with E-state index in [-0.39, 0.29) is 16.6 Å². The number of fused-ring (bicyclic) bond motifs is 1. The van der Waals surface area contributed by atoms with E-state index in [1.54, 1.807) is 4.90 Å². The number of nitrogens with one attached hydrogen (secondary N) is 1. The van der Waals surface area contributed by atoms with E-state index in [1.165, 1.54) is 38.1 Å². The summed E-state index contributed by atoms with van der Waals surface area (Å²) in [5.41, 5.74) is 2.42. The number of benzene rings is 1. The summed E-state index contributed by atoms with van der Waals surface area (Å²) in [5, 5.41) is 19.3. The molecule has 1 atom stereocenters. The number of carbonyl (C=O) groups excluding carboxylic acids is 1. The fourth-order valence-corrected chi connectivity index (χ4v) is 8.01. The molecule has 5 heterocycles. The number of rotatable bonds is 9. The number of aliphatic hydroxyl groups is 1. The van der Waals surface area contributed by atoms with E-state index >= 15 is 0 Å². The second kappa shape index (κ2) is 14.1. The molecule has 3 fully saturated rings. The molecule has 1 aromatic heterocycles.